The van der Waals surface area contributed by atoms with Crippen LogP contribution >= 0.6 is 11.6 Å². The predicted octanol–water partition coefficient (Wildman–Crippen LogP) is 4.17. The maximum absolute atomic E-state index is 12.1. The molecule has 90 valence electrons. The maximum atomic E-state index is 12.1. The number of Topliss-reactive ketones (excluding diaryl/α,β-unsaturated/α-hetero) is 1. The Morgan fingerprint density at radius 3 is 2.22 bits per heavy atom. The van der Waals surface area contributed by atoms with Crippen molar-refractivity contribution < 1.29 is 4.79 Å². The van der Waals surface area contributed by atoms with Gasteiger partial charge in [-0.25, -0.2) is 0 Å². The molecule has 0 amide bonds. The van der Waals surface area contributed by atoms with Crippen molar-refractivity contribution in [2.24, 2.45) is 0 Å². The number of carbonyl (C=O) groups is 1. The number of allylic oxidation sites excluding steroid dienone is 1. The van der Waals surface area contributed by atoms with E-state index < -0.39 is 0 Å². The number of carbonyl (C=O) groups excluding carboxylic acids is 1. The van der Waals surface area contributed by atoms with Gasteiger partial charge in [-0.15, -0.1) is 0 Å². The Morgan fingerprint density at radius 2 is 1.61 bits per heavy atom. The fourth-order valence-electron chi connectivity index (χ4n) is 1.69. The molecule has 0 N–H and O–H groups in total. The first kappa shape index (κ1) is 12.6. The van der Waals surface area contributed by atoms with Crippen molar-refractivity contribution in [2.75, 3.05) is 0 Å². The molecule has 0 aliphatic carbocycles. The molecule has 0 bridgehead atoms. The van der Waals surface area contributed by atoms with Crippen LogP contribution in [0.25, 0.3) is 5.57 Å². The van der Waals surface area contributed by atoms with E-state index in [4.69, 9.17) is 11.6 Å². The highest BCUT2D eigenvalue weighted by molar-refractivity contribution is 6.30. The zero-order chi connectivity index (χ0) is 13.0. The summed E-state index contributed by atoms with van der Waals surface area (Å²) in [4.78, 5) is 12.1. The third-order valence-electron chi connectivity index (χ3n) is 2.74. The van der Waals surface area contributed by atoms with E-state index in [1.807, 2.05) is 42.5 Å². The smallest absolute Gasteiger partial charge is 0.167 e. The molecule has 0 aliphatic heterocycles. The fourth-order valence-corrected chi connectivity index (χ4v) is 1.82. The zero-order valence-electron chi connectivity index (χ0n) is 9.90. The van der Waals surface area contributed by atoms with Crippen LogP contribution in [0.15, 0.2) is 61.2 Å². The van der Waals surface area contributed by atoms with E-state index in [-0.39, 0.29) is 5.78 Å². The number of benzene rings is 2. The van der Waals surface area contributed by atoms with Crippen molar-refractivity contribution in [3.05, 3.63) is 77.3 Å². The second kappa shape index (κ2) is 5.65. The molecule has 2 aromatic carbocycles. The standard InChI is InChI=1S/C16H13ClO/c1-12(14-5-3-2-4-6-14)16(18)11-13-7-9-15(17)10-8-13/h2-10H,1,11H2. The minimum Gasteiger partial charge on any atom is -0.294 e. The summed E-state index contributed by atoms with van der Waals surface area (Å²) in [6.45, 7) is 3.86. The van der Waals surface area contributed by atoms with Gasteiger partial charge >= 0.3 is 0 Å². The van der Waals surface area contributed by atoms with Crippen LogP contribution in [0, 0.1) is 0 Å². The summed E-state index contributed by atoms with van der Waals surface area (Å²) in [7, 11) is 0. The Balaban J connectivity index is 2.09. The Bertz CT molecular complexity index is 555. The van der Waals surface area contributed by atoms with Crippen LogP contribution in [0.4, 0.5) is 0 Å². The quantitative estimate of drug-likeness (QED) is 0.751. The second-order valence-electron chi connectivity index (χ2n) is 4.07. The molecule has 0 radical (unpaired) electrons. The molecule has 2 aromatic rings. The monoisotopic (exact) mass is 256 g/mol. The molecular formula is C16H13ClO. The van der Waals surface area contributed by atoms with E-state index in [9.17, 15) is 4.79 Å². The molecule has 0 aliphatic rings. The first-order valence-electron chi connectivity index (χ1n) is 5.69. The van der Waals surface area contributed by atoms with Crippen molar-refractivity contribution in [3.63, 3.8) is 0 Å². The van der Waals surface area contributed by atoms with Gasteiger partial charge in [-0.1, -0.05) is 60.6 Å². The zero-order valence-corrected chi connectivity index (χ0v) is 10.7. The molecule has 2 heteroatoms. The van der Waals surface area contributed by atoms with Gasteiger partial charge < -0.3 is 0 Å². The number of rotatable bonds is 4. The summed E-state index contributed by atoms with van der Waals surface area (Å²) >= 11 is 5.80. The van der Waals surface area contributed by atoms with Gasteiger partial charge in [0.2, 0.25) is 0 Å². The van der Waals surface area contributed by atoms with Gasteiger partial charge in [-0.3, -0.25) is 4.79 Å². The van der Waals surface area contributed by atoms with Crippen LogP contribution in [0.3, 0.4) is 0 Å². The fraction of sp³-hybridized carbons (Fsp3) is 0.0625. The van der Waals surface area contributed by atoms with Crippen molar-refractivity contribution in [1.82, 2.24) is 0 Å². The van der Waals surface area contributed by atoms with Gasteiger partial charge in [0, 0.05) is 17.0 Å². The highest BCUT2D eigenvalue weighted by atomic mass is 35.5. The van der Waals surface area contributed by atoms with Crippen molar-refractivity contribution in [1.29, 1.82) is 0 Å². The van der Waals surface area contributed by atoms with Crippen LogP contribution < -0.4 is 0 Å². The topological polar surface area (TPSA) is 17.1 Å². The number of hydrogen-bond donors (Lipinski definition) is 0. The molecule has 0 heterocycles. The molecule has 0 unspecified atom stereocenters. The molecule has 0 aromatic heterocycles. The van der Waals surface area contributed by atoms with E-state index in [1.165, 1.54) is 0 Å². The summed E-state index contributed by atoms with van der Waals surface area (Å²) in [6, 6.07) is 16.8. The number of ketones is 1. The predicted molar refractivity (Wildman–Crippen MR) is 75.6 cm³/mol. The Kier molecular flexibility index (Phi) is 3.96. The van der Waals surface area contributed by atoms with Crippen molar-refractivity contribution in [3.8, 4) is 0 Å². The summed E-state index contributed by atoms with van der Waals surface area (Å²) in [5.41, 5.74) is 2.36. The largest absolute Gasteiger partial charge is 0.294 e. The highest BCUT2D eigenvalue weighted by Gasteiger charge is 2.09. The van der Waals surface area contributed by atoms with Crippen LogP contribution in [0.5, 0.6) is 0 Å². The van der Waals surface area contributed by atoms with Gasteiger partial charge in [0.15, 0.2) is 5.78 Å². The number of hydrogen-bond acceptors (Lipinski definition) is 1. The van der Waals surface area contributed by atoms with E-state index in [0.29, 0.717) is 17.0 Å². The van der Waals surface area contributed by atoms with Crippen molar-refractivity contribution >= 4 is 23.0 Å². The summed E-state index contributed by atoms with van der Waals surface area (Å²) in [5, 5.41) is 0.674. The van der Waals surface area contributed by atoms with Crippen LogP contribution in [-0.4, -0.2) is 5.78 Å². The molecule has 0 atom stereocenters. The minimum atomic E-state index is 0.0310. The molecule has 1 nitrogen and oxygen atoms in total. The lowest BCUT2D eigenvalue weighted by Crippen LogP contribution is -2.04. The first-order chi connectivity index (χ1) is 8.66. The Morgan fingerprint density at radius 1 is 1.00 bits per heavy atom. The SMILES string of the molecule is C=C(C(=O)Cc1ccc(Cl)cc1)c1ccccc1. The molecule has 2 rings (SSSR count). The van der Waals surface area contributed by atoms with Gasteiger partial charge in [0.05, 0.1) is 0 Å². The third-order valence-corrected chi connectivity index (χ3v) is 2.99. The lowest BCUT2D eigenvalue weighted by Gasteiger charge is -2.05. The van der Waals surface area contributed by atoms with E-state index in [2.05, 4.69) is 6.58 Å². The molecule has 0 fully saturated rings. The van der Waals surface area contributed by atoms with Gasteiger partial charge in [-0.05, 0) is 23.3 Å². The Labute approximate surface area is 112 Å². The summed E-state index contributed by atoms with van der Waals surface area (Å²) < 4.78 is 0. The van der Waals surface area contributed by atoms with E-state index >= 15 is 0 Å². The van der Waals surface area contributed by atoms with Crippen LogP contribution in [0.2, 0.25) is 5.02 Å². The third kappa shape index (κ3) is 3.08. The molecule has 0 saturated carbocycles. The lowest BCUT2D eigenvalue weighted by molar-refractivity contribution is -0.113. The maximum Gasteiger partial charge on any atom is 0.167 e. The Hall–Kier alpha value is -1.86. The number of halogens is 1. The first-order valence-corrected chi connectivity index (χ1v) is 6.06. The molecule has 0 spiro atoms. The van der Waals surface area contributed by atoms with E-state index in [1.54, 1.807) is 12.1 Å². The molecular weight excluding hydrogens is 244 g/mol. The average Bonchev–Trinajstić information content (AvgIpc) is 2.41. The van der Waals surface area contributed by atoms with Gasteiger partial charge in [0.1, 0.15) is 0 Å². The molecule has 18 heavy (non-hydrogen) atoms. The van der Waals surface area contributed by atoms with Crippen LogP contribution in [-0.2, 0) is 11.2 Å². The average molecular weight is 257 g/mol. The summed E-state index contributed by atoms with van der Waals surface area (Å²) in [6.07, 6.45) is 0.352. The summed E-state index contributed by atoms with van der Waals surface area (Å²) in [5.74, 6) is 0.0310. The minimum absolute atomic E-state index is 0.0310. The van der Waals surface area contributed by atoms with Gasteiger partial charge in [-0.2, -0.15) is 0 Å². The lowest BCUT2D eigenvalue weighted by atomic mass is 9.98. The van der Waals surface area contributed by atoms with E-state index in [0.717, 1.165) is 11.1 Å². The molecule has 0 saturated heterocycles. The second-order valence-corrected chi connectivity index (χ2v) is 4.51. The highest BCUT2D eigenvalue weighted by Crippen LogP contribution is 2.16. The van der Waals surface area contributed by atoms with Crippen molar-refractivity contribution in [2.45, 2.75) is 6.42 Å². The van der Waals surface area contributed by atoms with Gasteiger partial charge in [0.25, 0.3) is 0 Å². The normalized spacial score (nSPS) is 10.1. The van der Waals surface area contributed by atoms with Crippen LogP contribution in [0.1, 0.15) is 11.1 Å².